The zero-order chi connectivity index (χ0) is 15.4. The summed E-state index contributed by atoms with van der Waals surface area (Å²) in [4.78, 5) is 23.9. The van der Waals surface area contributed by atoms with Gasteiger partial charge in [-0.3, -0.25) is 9.59 Å². The molecule has 0 saturated carbocycles. The highest BCUT2D eigenvalue weighted by Gasteiger charge is 2.13. The first kappa shape index (κ1) is 14.7. The van der Waals surface area contributed by atoms with E-state index in [2.05, 4.69) is 10.6 Å². The predicted octanol–water partition coefficient (Wildman–Crippen LogP) is 2.75. The highest BCUT2D eigenvalue weighted by Crippen LogP contribution is 2.17. The third-order valence-corrected chi connectivity index (χ3v) is 3.07. The standard InChI is InChI=1S/C16H15FN2O2/c1-10-9-11(7-8-13(10)17)15(20)19-14-6-4-3-5-12(14)16(21)18-2/h3-9H,1-2H3,(H,18,21)(H,19,20). The molecule has 2 aromatic carbocycles. The van der Waals surface area contributed by atoms with Crippen molar-refractivity contribution in [3.8, 4) is 0 Å². The second-order valence-corrected chi connectivity index (χ2v) is 4.54. The van der Waals surface area contributed by atoms with E-state index in [4.69, 9.17) is 0 Å². The largest absolute Gasteiger partial charge is 0.355 e. The maximum Gasteiger partial charge on any atom is 0.255 e. The molecule has 0 bridgehead atoms. The van der Waals surface area contributed by atoms with Gasteiger partial charge in [0, 0.05) is 12.6 Å². The summed E-state index contributed by atoms with van der Waals surface area (Å²) < 4.78 is 13.2. The molecule has 0 saturated heterocycles. The molecule has 5 heteroatoms. The molecule has 0 aliphatic heterocycles. The number of rotatable bonds is 3. The van der Waals surface area contributed by atoms with Crippen LogP contribution in [0.4, 0.5) is 10.1 Å². The summed E-state index contributed by atoms with van der Waals surface area (Å²) in [5.74, 6) is -1.05. The third-order valence-electron chi connectivity index (χ3n) is 3.07. The van der Waals surface area contributed by atoms with Gasteiger partial charge in [0.25, 0.3) is 11.8 Å². The van der Waals surface area contributed by atoms with Gasteiger partial charge < -0.3 is 10.6 Å². The van der Waals surface area contributed by atoms with E-state index in [1.54, 1.807) is 31.2 Å². The van der Waals surface area contributed by atoms with Crippen LogP contribution in [0.15, 0.2) is 42.5 Å². The van der Waals surface area contributed by atoms with Gasteiger partial charge in [-0.15, -0.1) is 0 Å². The normalized spacial score (nSPS) is 10.0. The van der Waals surface area contributed by atoms with E-state index in [1.807, 2.05) is 0 Å². The number of benzene rings is 2. The van der Waals surface area contributed by atoms with Crippen LogP contribution in [0.1, 0.15) is 26.3 Å². The Balaban J connectivity index is 2.27. The number of carbonyl (C=O) groups is 2. The summed E-state index contributed by atoms with van der Waals surface area (Å²) >= 11 is 0. The van der Waals surface area contributed by atoms with Crippen molar-refractivity contribution in [2.75, 3.05) is 12.4 Å². The van der Waals surface area contributed by atoms with E-state index < -0.39 is 5.91 Å². The smallest absolute Gasteiger partial charge is 0.255 e. The van der Waals surface area contributed by atoms with Gasteiger partial charge in [0.15, 0.2) is 0 Å². The van der Waals surface area contributed by atoms with Crippen molar-refractivity contribution in [3.05, 3.63) is 65.0 Å². The monoisotopic (exact) mass is 286 g/mol. The van der Waals surface area contributed by atoms with Gasteiger partial charge in [0.2, 0.25) is 0 Å². The summed E-state index contributed by atoms with van der Waals surface area (Å²) in [6.07, 6.45) is 0. The minimum atomic E-state index is -0.394. The summed E-state index contributed by atoms with van der Waals surface area (Å²) in [6, 6.07) is 10.8. The lowest BCUT2D eigenvalue weighted by Gasteiger charge is -2.10. The highest BCUT2D eigenvalue weighted by atomic mass is 19.1. The van der Waals surface area contributed by atoms with Crippen molar-refractivity contribution in [1.29, 1.82) is 0 Å². The lowest BCUT2D eigenvalue weighted by molar-refractivity contribution is 0.0964. The van der Waals surface area contributed by atoms with Crippen LogP contribution in [0.5, 0.6) is 0 Å². The molecule has 0 spiro atoms. The number of nitrogens with one attached hydrogen (secondary N) is 2. The van der Waals surface area contributed by atoms with E-state index in [9.17, 15) is 14.0 Å². The van der Waals surface area contributed by atoms with E-state index in [0.29, 0.717) is 22.4 Å². The van der Waals surface area contributed by atoms with Crippen LogP contribution in [0.2, 0.25) is 0 Å². The molecule has 21 heavy (non-hydrogen) atoms. The topological polar surface area (TPSA) is 58.2 Å². The highest BCUT2D eigenvalue weighted by molar-refractivity contribution is 6.09. The fourth-order valence-electron chi connectivity index (χ4n) is 1.91. The number of hydrogen-bond acceptors (Lipinski definition) is 2. The van der Waals surface area contributed by atoms with E-state index in [0.717, 1.165) is 0 Å². The fourth-order valence-corrected chi connectivity index (χ4v) is 1.91. The van der Waals surface area contributed by atoms with Gasteiger partial charge in [-0.2, -0.15) is 0 Å². The molecule has 0 fully saturated rings. The van der Waals surface area contributed by atoms with Crippen LogP contribution in [0.3, 0.4) is 0 Å². The quantitative estimate of drug-likeness (QED) is 0.911. The Kier molecular flexibility index (Phi) is 4.33. The van der Waals surface area contributed by atoms with Crippen molar-refractivity contribution in [3.63, 3.8) is 0 Å². The average molecular weight is 286 g/mol. The van der Waals surface area contributed by atoms with Crippen molar-refractivity contribution < 1.29 is 14.0 Å². The molecule has 0 heterocycles. The minimum absolute atomic E-state index is 0.291. The number of para-hydroxylation sites is 1. The van der Waals surface area contributed by atoms with Gasteiger partial charge >= 0.3 is 0 Å². The van der Waals surface area contributed by atoms with Crippen molar-refractivity contribution in [2.45, 2.75) is 6.92 Å². The third kappa shape index (κ3) is 3.25. The minimum Gasteiger partial charge on any atom is -0.355 e. The van der Waals surface area contributed by atoms with E-state index >= 15 is 0 Å². The molecule has 4 nitrogen and oxygen atoms in total. The second kappa shape index (κ2) is 6.17. The number of anilines is 1. The predicted molar refractivity (Wildman–Crippen MR) is 78.9 cm³/mol. The van der Waals surface area contributed by atoms with E-state index in [-0.39, 0.29) is 11.7 Å². The van der Waals surface area contributed by atoms with Crippen LogP contribution in [-0.4, -0.2) is 18.9 Å². The molecular formula is C16H15FN2O2. The molecular weight excluding hydrogens is 271 g/mol. The first-order valence-corrected chi connectivity index (χ1v) is 6.41. The number of aryl methyl sites for hydroxylation is 1. The molecule has 0 aromatic heterocycles. The Hall–Kier alpha value is -2.69. The number of hydrogen-bond donors (Lipinski definition) is 2. The summed E-state index contributed by atoms with van der Waals surface area (Å²) in [7, 11) is 1.52. The average Bonchev–Trinajstić information content (AvgIpc) is 2.49. The molecule has 0 radical (unpaired) electrons. The molecule has 2 N–H and O–H groups in total. The van der Waals surface area contributed by atoms with Crippen molar-refractivity contribution in [2.24, 2.45) is 0 Å². The number of halogens is 1. The van der Waals surface area contributed by atoms with Gasteiger partial charge in [0.05, 0.1) is 11.3 Å². The first-order chi connectivity index (χ1) is 10.0. The Morgan fingerprint density at radius 2 is 1.76 bits per heavy atom. The SMILES string of the molecule is CNC(=O)c1ccccc1NC(=O)c1ccc(F)c(C)c1. The summed E-state index contributed by atoms with van der Waals surface area (Å²) in [6.45, 7) is 1.59. The molecule has 2 aromatic rings. The lowest BCUT2D eigenvalue weighted by atomic mass is 10.1. The van der Waals surface area contributed by atoms with Crippen molar-refractivity contribution in [1.82, 2.24) is 5.32 Å². The van der Waals surface area contributed by atoms with Gasteiger partial charge in [-0.25, -0.2) is 4.39 Å². The molecule has 0 atom stereocenters. The number of carbonyl (C=O) groups excluding carboxylic acids is 2. The van der Waals surface area contributed by atoms with Gasteiger partial charge in [0.1, 0.15) is 5.82 Å². The Morgan fingerprint density at radius 3 is 2.43 bits per heavy atom. The number of amides is 2. The first-order valence-electron chi connectivity index (χ1n) is 6.41. The van der Waals surface area contributed by atoms with Gasteiger partial charge in [-0.05, 0) is 42.8 Å². The zero-order valence-corrected chi connectivity index (χ0v) is 11.7. The Morgan fingerprint density at radius 1 is 1.05 bits per heavy atom. The fraction of sp³-hybridized carbons (Fsp3) is 0.125. The second-order valence-electron chi connectivity index (χ2n) is 4.54. The molecule has 0 aliphatic rings. The van der Waals surface area contributed by atoms with Crippen LogP contribution < -0.4 is 10.6 Å². The van der Waals surface area contributed by atoms with Gasteiger partial charge in [-0.1, -0.05) is 12.1 Å². The summed E-state index contributed by atoms with van der Waals surface area (Å²) in [5.41, 5.74) is 1.50. The molecule has 108 valence electrons. The van der Waals surface area contributed by atoms with Crippen LogP contribution in [-0.2, 0) is 0 Å². The maximum atomic E-state index is 13.2. The van der Waals surface area contributed by atoms with Crippen LogP contribution in [0, 0.1) is 12.7 Å². The molecule has 2 amide bonds. The lowest BCUT2D eigenvalue weighted by Crippen LogP contribution is -2.21. The van der Waals surface area contributed by atoms with Crippen LogP contribution in [0.25, 0.3) is 0 Å². The molecule has 0 unspecified atom stereocenters. The Bertz CT molecular complexity index is 698. The summed E-state index contributed by atoms with van der Waals surface area (Å²) in [5, 5.41) is 5.18. The molecule has 2 rings (SSSR count). The Labute approximate surface area is 122 Å². The zero-order valence-electron chi connectivity index (χ0n) is 11.7. The van der Waals surface area contributed by atoms with Crippen molar-refractivity contribution >= 4 is 17.5 Å². The molecule has 0 aliphatic carbocycles. The van der Waals surface area contributed by atoms with Crippen LogP contribution >= 0.6 is 0 Å². The maximum absolute atomic E-state index is 13.2. The van der Waals surface area contributed by atoms with E-state index in [1.165, 1.54) is 25.2 Å².